The van der Waals surface area contributed by atoms with E-state index in [1.807, 2.05) is 19.9 Å². The highest BCUT2D eigenvalue weighted by atomic mass is 32.2. The van der Waals surface area contributed by atoms with Crippen LogP contribution in [0.25, 0.3) is 0 Å². The topological polar surface area (TPSA) is 60.2 Å². The van der Waals surface area contributed by atoms with Crippen LogP contribution in [0.15, 0.2) is 23.1 Å². The number of aryl methyl sites for hydroxylation is 2. The standard InChI is InChI=1S/C17H27NO2S/c1-11(2)14-6-8-16(18)17(10-14)21(19,20)15-7-5-12(3)13(4)9-15/h5,7,9,11,14,16-17H,6,8,10,18H2,1-4H3. The van der Waals surface area contributed by atoms with Crippen molar-refractivity contribution < 1.29 is 8.42 Å². The molecule has 0 bridgehead atoms. The second-order valence-electron chi connectivity index (χ2n) is 6.81. The molecular weight excluding hydrogens is 282 g/mol. The molecule has 0 heterocycles. The fraction of sp³-hybridized carbons (Fsp3) is 0.647. The molecular formula is C17H27NO2S. The Hall–Kier alpha value is -0.870. The average molecular weight is 309 g/mol. The van der Waals surface area contributed by atoms with Gasteiger partial charge in [-0.1, -0.05) is 19.9 Å². The minimum absolute atomic E-state index is 0.244. The molecule has 2 N–H and O–H groups in total. The number of rotatable bonds is 3. The fourth-order valence-corrected chi connectivity index (χ4v) is 5.26. The van der Waals surface area contributed by atoms with Crippen molar-refractivity contribution in [3.05, 3.63) is 29.3 Å². The number of benzene rings is 1. The van der Waals surface area contributed by atoms with E-state index in [0.29, 0.717) is 23.2 Å². The highest BCUT2D eigenvalue weighted by molar-refractivity contribution is 7.92. The van der Waals surface area contributed by atoms with Gasteiger partial charge in [0.05, 0.1) is 10.1 Å². The van der Waals surface area contributed by atoms with Crippen LogP contribution < -0.4 is 5.73 Å². The van der Waals surface area contributed by atoms with Gasteiger partial charge in [-0.05, 0) is 68.2 Å². The van der Waals surface area contributed by atoms with Gasteiger partial charge < -0.3 is 5.73 Å². The fourth-order valence-electron chi connectivity index (χ4n) is 3.21. The minimum atomic E-state index is -3.34. The summed E-state index contributed by atoms with van der Waals surface area (Å²) < 4.78 is 25.9. The van der Waals surface area contributed by atoms with Gasteiger partial charge >= 0.3 is 0 Å². The molecule has 0 aromatic heterocycles. The van der Waals surface area contributed by atoms with E-state index in [1.54, 1.807) is 12.1 Å². The van der Waals surface area contributed by atoms with Crippen molar-refractivity contribution in [3.63, 3.8) is 0 Å². The van der Waals surface area contributed by atoms with Crippen LogP contribution in [0.5, 0.6) is 0 Å². The molecule has 1 saturated carbocycles. The van der Waals surface area contributed by atoms with Gasteiger partial charge in [-0.25, -0.2) is 8.42 Å². The maximum absolute atomic E-state index is 12.9. The first kappa shape index (κ1) is 16.5. The first-order valence-corrected chi connectivity index (χ1v) is 9.35. The van der Waals surface area contributed by atoms with E-state index in [0.717, 1.165) is 24.0 Å². The van der Waals surface area contributed by atoms with Crippen molar-refractivity contribution in [2.75, 3.05) is 0 Å². The maximum Gasteiger partial charge on any atom is 0.182 e. The summed E-state index contributed by atoms with van der Waals surface area (Å²) >= 11 is 0. The van der Waals surface area contributed by atoms with Gasteiger partial charge in [-0.3, -0.25) is 0 Å². The van der Waals surface area contributed by atoms with Crippen LogP contribution in [0.3, 0.4) is 0 Å². The van der Waals surface area contributed by atoms with Crippen LogP contribution in [0.1, 0.15) is 44.2 Å². The van der Waals surface area contributed by atoms with Gasteiger partial charge in [0.1, 0.15) is 0 Å². The molecule has 118 valence electrons. The largest absolute Gasteiger partial charge is 0.327 e. The van der Waals surface area contributed by atoms with Crippen molar-refractivity contribution in [3.8, 4) is 0 Å². The van der Waals surface area contributed by atoms with Crippen LogP contribution in [-0.4, -0.2) is 19.7 Å². The third kappa shape index (κ3) is 3.32. The summed E-state index contributed by atoms with van der Waals surface area (Å²) in [6.07, 6.45) is 2.53. The molecule has 0 spiro atoms. The van der Waals surface area contributed by atoms with Crippen LogP contribution in [0.4, 0.5) is 0 Å². The second kappa shape index (κ2) is 6.09. The summed E-state index contributed by atoms with van der Waals surface area (Å²) in [5.41, 5.74) is 8.28. The molecule has 0 radical (unpaired) electrons. The Balaban J connectivity index is 2.34. The van der Waals surface area contributed by atoms with E-state index in [9.17, 15) is 8.42 Å². The van der Waals surface area contributed by atoms with Gasteiger partial charge in [-0.15, -0.1) is 0 Å². The number of sulfone groups is 1. The highest BCUT2D eigenvalue weighted by Gasteiger charge is 2.38. The molecule has 1 aromatic carbocycles. The van der Waals surface area contributed by atoms with Gasteiger partial charge in [0.2, 0.25) is 0 Å². The summed E-state index contributed by atoms with van der Waals surface area (Å²) in [5.74, 6) is 0.964. The number of hydrogen-bond donors (Lipinski definition) is 1. The summed E-state index contributed by atoms with van der Waals surface area (Å²) in [6, 6.07) is 5.16. The molecule has 3 nitrogen and oxygen atoms in total. The molecule has 2 rings (SSSR count). The predicted molar refractivity (Wildman–Crippen MR) is 87.0 cm³/mol. The van der Waals surface area contributed by atoms with Gasteiger partial charge in [0, 0.05) is 6.04 Å². The summed E-state index contributed by atoms with van der Waals surface area (Å²) in [6.45, 7) is 8.28. The Morgan fingerprint density at radius 3 is 2.38 bits per heavy atom. The van der Waals surface area contributed by atoms with E-state index in [1.165, 1.54) is 0 Å². The van der Waals surface area contributed by atoms with Crippen molar-refractivity contribution >= 4 is 9.84 Å². The predicted octanol–water partition coefficient (Wildman–Crippen LogP) is 3.23. The smallest absolute Gasteiger partial charge is 0.182 e. The van der Waals surface area contributed by atoms with Crippen molar-refractivity contribution in [1.82, 2.24) is 0 Å². The molecule has 4 heteroatoms. The molecule has 21 heavy (non-hydrogen) atoms. The first-order valence-electron chi connectivity index (χ1n) is 7.80. The van der Waals surface area contributed by atoms with E-state index < -0.39 is 15.1 Å². The Labute approximate surface area is 128 Å². The summed E-state index contributed by atoms with van der Waals surface area (Å²) in [4.78, 5) is 0.426. The molecule has 0 saturated heterocycles. The second-order valence-corrected chi connectivity index (χ2v) is 8.98. The number of hydrogen-bond acceptors (Lipinski definition) is 3. The Kier molecular flexibility index (Phi) is 4.79. The third-order valence-electron chi connectivity index (χ3n) is 5.03. The monoisotopic (exact) mass is 309 g/mol. The van der Waals surface area contributed by atoms with Gasteiger partial charge in [0.25, 0.3) is 0 Å². The van der Waals surface area contributed by atoms with Crippen molar-refractivity contribution in [2.24, 2.45) is 17.6 Å². The van der Waals surface area contributed by atoms with Gasteiger partial charge in [0.15, 0.2) is 9.84 Å². The van der Waals surface area contributed by atoms with Crippen LogP contribution in [0, 0.1) is 25.7 Å². The molecule has 0 aliphatic heterocycles. The Morgan fingerprint density at radius 1 is 1.14 bits per heavy atom. The van der Waals surface area contributed by atoms with Crippen LogP contribution in [-0.2, 0) is 9.84 Å². The highest BCUT2D eigenvalue weighted by Crippen LogP contribution is 2.35. The zero-order valence-corrected chi connectivity index (χ0v) is 14.3. The van der Waals surface area contributed by atoms with Crippen molar-refractivity contribution in [1.29, 1.82) is 0 Å². The maximum atomic E-state index is 12.9. The average Bonchev–Trinajstić information content (AvgIpc) is 2.41. The lowest BCUT2D eigenvalue weighted by atomic mass is 9.79. The Bertz CT molecular complexity index is 607. The zero-order chi connectivity index (χ0) is 15.8. The van der Waals surface area contributed by atoms with Crippen LogP contribution in [0.2, 0.25) is 0 Å². The quantitative estimate of drug-likeness (QED) is 0.932. The molecule has 1 fully saturated rings. The van der Waals surface area contributed by atoms with E-state index in [2.05, 4.69) is 13.8 Å². The van der Waals surface area contributed by atoms with E-state index in [-0.39, 0.29) is 6.04 Å². The SMILES string of the molecule is Cc1ccc(S(=O)(=O)C2CC(C(C)C)CCC2N)cc1C. The summed E-state index contributed by atoms with van der Waals surface area (Å²) in [5, 5.41) is -0.444. The summed E-state index contributed by atoms with van der Waals surface area (Å²) in [7, 11) is -3.34. The van der Waals surface area contributed by atoms with Crippen LogP contribution >= 0.6 is 0 Å². The normalized spacial score (nSPS) is 27.0. The lowest BCUT2D eigenvalue weighted by molar-refractivity contribution is 0.261. The molecule has 1 aliphatic rings. The first-order chi connectivity index (χ1) is 9.73. The van der Waals surface area contributed by atoms with E-state index in [4.69, 9.17) is 5.73 Å². The Morgan fingerprint density at radius 2 is 1.81 bits per heavy atom. The van der Waals surface area contributed by atoms with Gasteiger partial charge in [-0.2, -0.15) is 0 Å². The van der Waals surface area contributed by atoms with Crippen molar-refractivity contribution in [2.45, 2.75) is 63.1 Å². The molecule has 1 aliphatic carbocycles. The third-order valence-corrected chi connectivity index (χ3v) is 7.28. The molecule has 1 aromatic rings. The molecule has 3 atom stereocenters. The zero-order valence-electron chi connectivity index (χ0n) is 13.5. The minimum Gasteiger partial charge on any atom is -0.327 e. The number of nitrogens with two attached hydrogens (primary N) is 1. The molecule has 0 amide bonds. The van der Waals surface area contributed by atoms with E-state index >= 15 is 0 Å². The lowest BCUT2D eigenvalue weighted by Crippen LogP contribution is -2.46. The molecule has 3 unspecified atom stereocenters. The lowest BCUT2D eigenvalue weighted by Gasteiger charge is -2.35.